The first kappa shape index (κ1) is 47.3. The number of fused-ring (bicyclic) bond motifs is 2. The van der Waals surface area contributed by atoms with Crippen LogP contribution in [-0.4, -0.2) is 113 Å². The standard InChI is InChI=1S/C53H77F4N5O5Si2/c1-31(2)68(32(3)4,33(5)6)24-20-39-42(54)18-17-37-25-38(67-69(34(7)8,35(9)10)36(11)12)26-40(43(37)39)46-45(55)47-44(50(58-46)64-16)49(62-22-23-65-30-53(14,63)28-62)60-51(59-47)66-29-52(13)27-61(15)21-19-41(52)48(56)57/h17-18,25-26,31-36,41,48,63H,19,21-23,27-30H2,1-16H3/t41-,52+,53+/m1/s1/i15D3,29D2. The zero-order valence-corrected chi connectivity index (χ0v) is 45.2. The van der Waals surface area contributed by atoms with Gasteiger partial charge in [-0.2, -0.15) is 9.97 Å². The van der Waals surface area contributed by atoms with Crippen molar-refractivity contribution in [1.82, 2.24) is 19.9 Å². The number of hydrogen-bond acceptors (Lipinski definition) is 10. The SMILES string of the molecule is [2H]C([2H])([2H])N1CC[C@H](C(F)F)[C@](C)(C([2H])([2H])Oc2nc(N3CCOC[C@@](C)(O)C3)c3c(OC)nc(-c4cc(O[Si](C(C)C)(C(C)C)C(C)C)cc5ccc(F)c(C#C[Si](C(C)C)(C(C)C)C(C)C)c45)c(F)c3n2)C1. The van der Waals surface area contributed by atoms with E-state index in [1.54, 1.807) is 17.0 Å². The van der Waals surface area contributed by atoms with E-state index >= 15 is 8.78 Å². The number of likely N-dealkylation sites (tertiary alicyclic amines) is 1. The number of β-amino-alcohol motifs (C(OH)–C–C–N with tert-alkyl or cyclic N) is 1. The average Bonchev–Trinajstić information content (AvgIpc) is 3.47. The Morgan fingerprint density at radius 2 is 1.55 bits per heavy atom. The highest BCUT2D eigenvalue weighted by molar-refractivity contribution is 6.90. The summed E-state index contributed by atoms with van der Waals surface area (Å²) in [5, 5.41) is 12.1. The third-order valence-electron chi connectivity index (χ3n) is 15.0. The van der Waals surface area contributed by atoms with Gasteiger partial charge in [0.05, 0.1) is 41.7 Å². The molecule has 0 radical (unpaired) electrons. The van der Waals surface area contributed by atoms with E-state index in [1.807, 2.05) is 6.07 Å². The molecule has 16 heteroatoms. The van der Waals surface area contributed by atoms with Gasteiger partial charge in [-0.15, -0.1) is 5.54 Å². The third kappa shape index (κ3) is 10.5. The summed E-state index contributed by atoms with van der Waals surface area (Å²) in [6.45, 7) is 21.7. The van der Waals surface area contributed by atoms with E-state index in [0.29, 0.717) is 11.1 Å². The fraction of sp³-hybridized carbons (Fsp3) is 0.642. The maximum Gasteiger partial charge on any atom is 0.319 e. The van der Waals surface area contributed by atoms with Gasteiger partial charge in [-0.25, -0.2) is 22.5 Å². The summed E-state index contributed by atoms with van der Waals surface area (Å²) in [5.41, 5.74) is 0.330. The first-order chi connectivity index (χ1) is 34.2. The average molecular weight is 1000 g/mol. The number of rotatable bonds is 15. The highest BCUT2D eigenvalue weighted by Crippen LogP contribution is 2.48. The van der Waals surface area contributed by atoms with Gasteiger partial charge in [0.25, 0.3) is 8.32 Å². The number of methoxy groups -OCH3 is 1. The van der Waals surface area contributed by atoms with Crippen LogP contribution in [0.1, 0.15) is 116 Å². The molecule has 1 N–H and O–H groups in total. The molecule has 2 fully saturated rings. The Balaban J connectivity index is 1.75. The number of aliphatic hydroxyl groups is 1. The van der Waals surface area contributed by atoms with E-state index in [9.17, 15) is 16.6 Å². The van der Waals surface area contributed by atoms with E-state index < -0.39 is 83.0 Å². The largest absolute Gasteiger partial charge is 0.543 e. The van der Waals surface area contributed by atoms with Crippen molar-refractivity contribution in [3.05, 3.63) is 41.5 Å². The summed E-state index contributed by atoms with van der Waals surface area (Å²) in [6, 6.07) is 5.67. The lowest BCUT2D eigenvalue weighted by molar-refractivity contribution is -0.0679. The summed E-state index contributed by atoms with van der Waals surface area (Å²) in [4.78, 5) is 16.5. The van der Waals surface area contributed by atoms with Crippen LogP contribution in [0.5, 0.6) is 17.6 Å². The van der Waals surface area contributed by atoms with Crippen molar-refractivity contribution >= 4 is 43.9 Å². The molecule has 4 aromatic rings. The van der Waals surface area contributed by atoms with Gasteiger partial charge in [-0.05, 0) is 83.7 Å². The molecule has 10 nitrogen and oxygen atoms in total. The lowest BCUT2D eigenvalue weighted by atomic mass is 9.73. The molecule has 380 valence electrons. The maximum absolute atomic E-state index is 18.6. The van der Waals surface area contributed by atoms with Crippen molar-refractivity contribution in [2.24, 2.45) is 11.3 Å². The van der Waals surface area contributed by atoms with Crippen LogP contribution < -0.4 is 18.8 Å². The van der Waals surface area contributed by atoms with Crippen LogP contribution >= 0.6 is 0 Å². The second-order valence-electron chi connectivity index (χ2n) is 21.6. The van der Waals surface area contributed by atoms with E-state index in [0.717, 1.165) is 4.90 Å². The summed E-state index contributed by atoms with van der Waals surface area (Å²) in [5.74, 6) is 0.0524. The quantitative estimate of drug-likeness (QED) is 0.0704. The topological polar surface area (TPSA) is 102 Å². The first-order valence-corrected chi connectivity index (χ1v) is 28.8. The molecule has 0 spiro atoms. The van der Waals surface area contributed by atoms with Gasteiger partial charge in [0.2, 0.25) is 12.3 Å². The number of halogens is 4. The molecule has 3 atom stereocenters. The Kier molecular flexibility index (Phi) is 14.4. The summed E-state index contributed by atoms with van der Waals surface area (Å²) in [7, 11) is -3.87. The van der Waals surface area contributed by atoms with Crippen molar-refractivity contribution in [3.8, 4) is 40.4 Å². The summed E-state index contributed by atoms with van der Waals surface area (Å²) < 4.78 is 133. The van der Waals surface area contributed by atoms with Gasteiger partial charge in [0.1, 0.15) is 47.7 Å². The van der Waals surface area contributed by atoms with Crippen molar-refractivity contribution in [1.29, 1.82) is 0 Å². The summed E-state index contributed by atoms with van der Waals surface area (Å²) in [6.07, 6.45) is -3.43. The molecule has 2 aromatic heterocycles. The van der Waals surface area contributed by atoms with Crippen LogP contribution in [-0.2, 0) is 4.74 Å². The fourth-order valence-electron chi connectivity index (χ4n) is 11.7. The normalized spacial score (nSPS) is 22.6. The molecule has 4 heterocycles. The number of hydrogen-bond donors (Lipinski definition) is 1. The van der Waals surface area contributed by atoms with E-state index in [2.05, 4.69) is 105 Å². The molecular weight excluding hydrogens is 919 g/mol. The Morgan fingerprint density at radius 1 is 0.899 bits per heavy atom. The van der Waals surface area contributed by atoms with E-state index in [-0.39, 0.29) is 112 Å². The zero-order valence-electron chi connectivity index (χ0n) is 48.2. The van der Waals surface area contributed by atoms with Gasteiger partial charge in [0, 0.05) is 39.5 Å². The number of anilines is 1. The van der Waals surface area contributed by atoms with Crippen LogP contribution in [0.25, 0.3) is 32.9 Å². The molecule has 2 aliphatic heterocycles. The second-order valence-corrected chi connectivity index (χ2v) is 32.6. The minimum atomic E-state index is -3.10. The molecule has 0 saturated carbocycles. The number of alkyl halides is 2. The summed E-state index contributed by atoms with van der Waals surface area (Å²) >= 11 is 0. The van der Waals surface area contributed by atoms with Crippen LogP contribution in [0.4, 0.5) is 23.4 Å². The number of ether oxygens (including phenoxy) is 3. The molecule has 2 saturated heterocycles. The van der Waals surface area contributed by atoms with E-state index in [4.69, 9.17) is 27.7 Å². The number of aromatic nitrogens is 3. The Labute approximate surface area is 417 Å². The van der Waals surface area contributed by atoms with Crippen molar-refractivity contribution in [2.45, 2.75) is 149 Å². The van der Waals surface area contributed by atoms with Crippen molar-refractivity contribution in [3.63, 3.8) is 0 Å². The van der Waals surface area contributed by atoms with Gasteiger partial charge in [-0.3, -0.25) is 0 Å². The number of piperidine rings is 1. The van der Waals surface area contributed by atoms with Gasteiger partial charge >= 0.3 is 6.01 Å². The Bertz CT molecular complexity index is 2710. The fourth-order valence-corrected chi connectivity index (χ4v) is 22.2. The predicted octanol–water partition coefficient (Wildman–Crippen LogP) is 12.4. The van der Waals surface area contributed by atoms with Crippen LogP contribution in [0.2, 0.25) is 33.2 Å². The van der Waals surface area contributed by atoms with Gasteiger partial charge in [0.15, 0.2) is 5.82 Å². The maximum atomic E-state index is 18.6. The molecule has 69 heavy (non-hydrogen) atoms. The molecule has 0 aliphatic carbocycles. The second kappa shape index (κ2) is 21.0. The van der Waals surface area contributed by atoms with E-state index in [1.165, 1.54) is 27.0 Å². The highest BCUT2D eigenvalue weighted by atomic mass is 28.4. The zero-order chi connectivity index (χ0) is 55.4. The van der Waals surface area contributed by atoms with Crippen LogP contribution in [0.15, 0.2) is 24.3 Å². The lowest BCUT2D eigenvalue weighted by Gasteiger charge is -2.44. The third-order valence-corrected chi connectivity index (χ3v) is 27.2. The minimum absolute atomic E-state index is 0.0380. The van der Waals surface area contributed by atoms with Crippen LogP contribution in [0.3, 0.4) is 0 Å². The molecule has 2 aromatic carbocycles. The Morgan fingerprint density at radius 3 is 2.13 bits per heavy atom. The minimum Gasteiger partial charge on any atom is -0.543 e. The Hall–Kier alpha value is -4.02. The highest BCUT2D eigenvalue weighted by Gasteiger charge is 2.48. The number of nitrogens with zero attached hydrogens (tertiary/aromatic N) is 5. The lowest BCUT2D eigenvalue weighted by Crippen LogP contribution is -2.51. The molecule has 2 aliphatic rings. The molecular formula is C53H77F4N5O5Si2. The predicted molar refractivity (Wildman–Crippen MR) is 275 cm³/mol. The first-order valence-electron chi connectivity index (χ1n) is 26.9. The van der Waals surface area contributed by atoms with Crippen LogP contribution in [0, 0.1) is 34.4 Å². The van der Waals surface area contributed by atoms with Gasteiger partial charge < -0.3 is 33.5 Å². The van der Waals surface area contributed by atoms with Crippen molar-refractivity contribution in [2.75, 3.05) is 64.9 Å². The molecule has 0 bridgehead atoms. The number of benzene rings is 2. The molecule has 6 rings (SSSR count). The number of pyridine rings is 1. The smallest absolute Gasteiger partial charge is 0.319 e. The monoisotopic (exact) mass is 1000 g/mol. The van der Waals surface area contributed by atoms with Gasteiger partial charge in [-0.1, -0.05) is 102 Å². The molecule has 0 amide bonds. The van der Waals surface area contributed by atoms with Crippen molar-refractivity contribution < 1.29 is 48.2 Å². The molecule has 0 unspecified atom stereocenters.